The molecule has 0 aliphatic heterocycles. The summed E-state index contributed by atoms with van der Waals surface area (Å²) in [5.41, 5.74) is 2.68. The molecule has 6 nitrogen and oxygen atoms in total. The number of carbonyl (C=O) groups is 1. The van der Waals surface area contributed by atoms with Crippen molar-refractivity contribution in [2.45, 2.75) is 70.8 Å². The van der Waals surface area contributed by atoms with Crippen molar-refractivity contribution in [1.29, 1.82) is 0 Å². The second kappa shape index (κ2) is 9.86. The lowest BCUT2D eigenvalue weighted by atomic mass is 9.89. The first-order valence-electron chi connectivity index (χ1n) is 11.4. The van der Waals surface area contributed by atoms with E-state index >= 15 is 0 Å². The van der Waals surface area contributed by atoms with Crippen LogP contribution in [0, 0.1) is 0 Å². The van der Waals surface area contributed by atoms with Crippen molar-refractivity contribution < 1.29 is 9.90 Å². The molecule has 162 valence electrons. The molecule has 1 aliphatic carbocycles. The van der Waals surface area contributed by atoms with E-state index in [1.807, 2.05) is 24.3 Å². The Hall–Kier alpha value is -3.02. The fourth-order valence-electron chi connectivity index (χ4n) is 4.32. The van der Waals surface area contributed by atoms with Crippen LogP contribution < -0.4 is 0 Å². The minimum absolute atomic E-state index is 0.286. The normalized spacial score (nSPS) is 14.6. The summed E-state index contributed by atoms with van der Waals surface area (Å²) in [6.07, 6.45) is 10.8. The van der Waals surface area contributed by atoms with Crippen LogP contribution in [0.2, 0.25) is 0 Å². The molecule has 1 N–H and O–H groups in total. The average Bonchev–Trinajstić information content (AvgIpc) is 3.21. The van der Waals surface area contributed by atoms with Gasteiger partial charge in [-0.15, -0.1) is 0 Å². The Balaban J connectivity index is 1.56. The number of pyridine rings is 1. The smallest absolute Gasteiger partial charge is 0.336 e. The van der Waals surface area contributed by atoms with Crippen LogP contribution >= 0.6 is 0 Å². The summed E-state index contributed by atoms with van der Waals surface area (Å²) < 4.78 is 2.07. The zero-order chi connectivity index (χ0) is 21.6. The number of hydrogen-bond acceptors (Lipinski definition) is 4. The van der Waals surface area contributed by atoms with Crippen LogP contribution in [0.5, 0.6) is 0 Å². The Morgan fingerprint density at radius 2 is 1.94 bits per heavy atom. The molecule has 2 heterocycles. The highest BCUT2D eigenvalue weighted by atomic mass is 16.4. The molecule has 1 fully saturated rings. The predicted octanol–water partition coefficient (Wildman–Crippen LogP) is 5.48. The number of unbranched alkanes of at least 4 members (excludes halogenated alkanes) is 1. The van der Waals surface area contributed by atoms with Crippen molar-refractivity contribution in [3.8, 4) is 11.1 Å². The molecule has 0 bridgehead atoms. The van der Waals surface area contributed by atoms with Gasteiger partial charge in [0, 0.05) is 36.3 Å². The fourth-order valence-corrected chi connectivity index (χ4v) is 4.32. The quantitative estimate of drug-likeness (QED) is 0.524. The molecule has 0 spiro atoms. The topological polar surface area (TPSA) is 80.9 Å². The van der Waals surface area contributed by atoms with Gasteiger partial charge >= 0.3 is 5.97 Å². The number of nitrogens with zero attached hydrogens (tertiary/aromatic N) is 4. The largest absolute Gasteiger partial charge is 0.478 e. The molecule has 1 aromatic carbocycles. The van der Waals surface area contributed by atoms with E-state index in [9.17, 15) is 9.90 Å². The van der Waals surface area contributed by atoms with Crippen molar-refractivity contribution in [2.24, 2.45) is 0 Å². The summed E-state index contributed by atoms with van der Waals surface area (Å²) in [5, 5.41) is 14.3. The van der Waals surface area contributed by atoms with Gasteiger partial charge in [-0.05, 0) is 37.0 Å². The molecule has 4 rings (SSSR count). The summed E-state index contributed by atoms with van der Waals surface area (Å²) >= 11 is 0. The van der Waals surface area contributed by atoms with Gasteiger partial charge < -0.3 is 5.11 Å². The SMILES string of the molecule is CCCCn1nc(C2CCCCC2)nc1Cc1ccc(-c2ccccc2C(=O)O)cn1. The van der Waals surface area contributed by atoms with Crippen molar-refractivity contribution in [3.05, 3.63) is 65.5 Å². The highest BCUT2D eigenvalue weighted by molar-refractivity contribution is 5.95. The number of hydrogen-bond donors (Lipinski definition) is 1. The standard InChI is InChI=1S/C25H30N4O2/c1-2-3-15-29-23(27-24(28-29)18-9-5-4-6-10-18)16-20-14-13-19(17-26-20)21-11-7-8-12-22(21)25(30)31/h7-8,11-14,17-18H,2-6,9-10,15-16H2,1H3,(H,30,31). The van der Waals surface area contributed by atoms with Crippen LogP contribution in [0.1, 0.15) is 85.5 Å². The van der Waals surface area contributed by atoms with E-state index in [2.05, 4.69) is 16.6 Å². The Bertz CT molecular complexity index is 1020. The maximum atomic E-state index is 11.5. The van der Waals surface area contributed by atoms with Gasteiger partial charge in [-0.3, -0.25) is 4.98 Å². The highest BCUT2D eigenvalue weighted by Crippen LogP contribution is 2.31. The molecule has 0 radical (unpaired) electrons. The Morgan fingerprint density at radius 1 is 1.13 bits per heavy atom. The molecule has 31 heavy (non-hydrogen) atoms. The minimum Gasteiger partial charge on any atom is -0.478 e. The monoisotopic (exact) mass is 418 g/mol. The first kappa shape index (κ1) is 21.2. The number of aromatic carboxylic acids is 1. The van der Waals surface area contributed by atoms with E-state index in [1.165, 1.54) is 32.1 Å². The van der Waals surface area contributed by atoms with Crippen molar-refractivity contribution in [1.82, 2.24) is 19.7 Å². The number of benzene rings is 1. The second-order valence-electron chi connectivity index (χ2n) is 8.36. The van der Waals surface area contributed by atoms with Gasteiger partial charge in [0.2, 0.25) is 0 Å². The van der Waals surface area contributed by atoms with Crippen LogP contribution in [0.4, 0.5) is 0 Å². The first-order chi connectivity index (χ1) is 15.2. The lowest BCUT2D eigenvalue weighted by Crippen LogP contribution is -2.08. The van der Waals surface area contributed by atoms with Gasteiger partial charge in [0.25, 0.3) is 0 Å². The summed E-state index contributed by atoms with van der Waals surface area (Å²) in [5.74, 6) is 1.52. The van der Waals surface area contributed by atoms with Gasteiger partial charge in [0.1, 0.15) is 5.82 Å². The third kappa shape index (κ3) is 5.01. The molecular formula is C25H30N4O2. The Morgan fingerprint density at radius 3 is 2.65 bits per heavy atom. The van der Waals surface area contributed by atoms with Crippen LogP contribution in [0.3, 0.4) is 0 Å². The summed E-state index contributed by atoms with van der Waals surface area (Å²) in [4.78, 5) is 21.1. The molecule has 1 saturated carbocycles. The number of aryl methyl sites for hydroxylation is 1. The summed E-state index contributed by atoms with van der Waals surface area (Å²) in [6, 6.07) is 10.9. The molecule has 0 unspecified atom stereocenters. The van der Waals surface area contributed by atoms with Crippen LogP contribution in [-0.4, -0.2) is 30.8 Å². The van der Waals surface area contributed by atoms with Gasteiger partial charge in [-0.1, -0.05) is 56.9 Å². The molecule has 1 aliphatic rings. The second-order valence-corrected chi connectivity index (χ2v) is 8.36. The van der Waals surface area contributed by atoms with E-state index in [-0.39, 0.29) is 5.56 Å². The van der Waals surface area contributed by atoms with Crippen LogP contribution in [-0.2, 0) is 13.0 Å². The van der Waals surface area contributed by atoms with Gasteiger partial charge in [0.15, 0.2) is 5.82 Å². The number of carboxylic acids is 1. The summed E-state index contributed by atoms with van der Waals surface area (Å²) in [6.45, 7) is 3.07. The minimum atomic E-state index is -0.932. The maximum absolute atomic E-state index is 11.5. The van der Waals surface area contributed by atoms with E-state index < -0.39 is 5.97 Å². The van der Waals surface area contributed by atoms with E-state index in [0.717, 1.165) is 42.3 Å². The maximum Gasteiger partial charge on any atom is 0.336 e. The molecule has 0 amide bonds. The van der Waals surface area contributed by atoms with Gasteiger partial charge in [-0.25, -0.2) is 14.5 Å². The predicted molar refractivity (Wildman–Crippen MR) is 120 cm³/mol. The Labute approximate surface area is 183 Å². The zero-order valence-corrected chi connectivity index (χ0v) is 18.1. The van der Waals surface area contributed by atoms with Crippen molar-refractivity contribution >= 4 is 5.97 Å². The molecular weight excluding hydrogens is 388 g/mol. The van der Waals surface area contributed by atoms with Crippen molar-refractivity contribution in [3.63, 3.8) is 0 Å². The molecule has 0 saturated heterocycles. The van der Waals surface area contributed by atoms with E-state index in [0.29, 0.717) is 17.9 Å². The fraction of sp³-hybridized carbons (Fsp3) is 0.440. The van der Waals surface area contributed by atoms with Gasteiger partial charge in [0.05, 0.1) is 5.56 Å². The lowest BCUT2D eigenvalue weighted by molar-refractivity contribution is 0.0697. The van der Waals surface area contributed by atoms with Gasteiger partial charge in [-0.2, -0.15) is 5.10 Å². The lowest BCUT2D eigenvalue weighted by Gasteiger charge is -2.18. The number of rotatable bonds is 8. The molecule has 2 aromatic heterocycles. The molecule has 6 heteroatoms. The third-order valence-corrected chi connectivity index (χ3v) is 6.09. The first-order valence-corrected chi connectivity index (χ1v) is 11.4. The molecule has 3 aromatic rings. The van der Waals surface area contributed by atoms with Crippen LogP contribution in [0.25, 0.3) is 11.1 Å². The van der Waals surface area contributed by atoms with E-state index in [1.54, 1.807) is 18.3 Å². The number of carboxylic acid groups (broad SMARTS) is 1. The van der Waals surface area contributed by atoms with Crippen LogP contribution in [0.15, 0.2) is 42.6 Å². The third-order valence-electron chi connectivity index (χ3n) is 6.09. The molecule has 0 atom stereocenters. The van der Waals surface area contributed by atoms with Crippen molar-refractivity contribution in [2.75, 3.05) is 0 Å². The average molecular weight is 419 g/mol. The Kier molecular flexibility index (Phi) is 6.75. The van der Waals surface area contributed by atoms with E-state index in [4.69, 9.17) is 10.1 Å². The number of aromatic nitrogens is 4. The highest BCUT2D eigenvalue weighted by Gasteiger charge is 2.22. The zero-order valence-electron chi connectivity index (χ0n) is 18.1. The summed E-state index contributed by atoms with van der Waals surface area (Å²) in [7, 11) is 0.